The van der Waals surface area contributed by atoms with E-state index in [4.69, 9.17) is 9.81 Å². The average Bonchev–Trinajstić information content (AvgIpc) is 2.34. The van der Waals surface area contributed by atoms with Gasteiger partial charge in [0, 0.05) is 13.1 Å². The lowest BCUT2D eigenvalue weighted by Gasteiger charge is -2.12. The summed E-state index contributed by atoms with van der Waals surface area (Å²) in [6.07, 6.45) is 0.937. The minimum atomic E-state index is -4.04. The number of nitrogens with zero attached hydrogens (tertiary/aromatic N) is 2. The molecule has 0 radical (unpaired) electrons. The molecule has 1 rings (SSSR count). The molecule has 0 fully saturated rings. The second kappa shape index (κ2) is 7.07. The molecule has 1 aromatic heterocycles. The molecule has 1 aromatic rings. The van der Waals surface area contributed by atoms with Crippen molar-refractivity contribution in [3.8, 4) is 6.07 Å². The number of aromatic nitrogens is 1. The molecule has 0 atom stereocenters. The predicted octanol–water partition coefficient (Wildman–Crippen LogP) is 1.38. The molecular formula is C12H18N4O3S. The molecule has 0 saturated heterocycles. The smallest absolute Gasteiger partial charge is 0.266 e. The number of nitriles is 1. The predicted molar refractivity (Wildman–Crippen MR) is 77.4 cm³/mol. The third-order valence-electron chi connectivity index (χ3n) is 2.54. The summed E-state index contributed by atoms with van der Waals surface area (Å²) in [5, 5.41) is 15.0. The van der Waals surface area contributed by atoms with Crippen LogP contribution in [0.25, 0.3) is 0 Å². The van der Waals surface area contributed by atoms with Crippen molar-refractivity contribution in [3.63, 3.8) is 0 Å². The highest BCUT2D eigenvalue weighted by Crippen LogP contribution is 2.20. The average molecular weight is 298 g/mol. The van der Waals surface area contributed by atoms with Crippen molar-refractivity contribution < 1.29 is 13.0 Å². The van der Waals surface area contributed by atoms with Crippen LogP contribution in [0.15, 0.2) is 6.07 Å². The maximum absolute atomic E-state index is 10.7. The van der Waals surface area contributed by atoms with Crippen LogP contribution in [-0.4, -0.2) is 36.8 Å². The number of nitrogens with one attached hydrogen (secondary N) is 2. The Bertz CT molecular complexity index is 608. The van der Waals surface area contributed by atoms with Crippen molar-refractivity contribution in [1.82, 2.24) is 4.98 Å². The second-order valence-electron chi connectivity index (χ2n) is 4.30. The Hall–Kier alpha value is -1.85. The molecule has 0 spiro atoms. The molecule has 1 heterocycles. The van der Waals surface area contributed by atoms with Gasteiger partial charge in [0.25, 0.3) is 10.1 Å². The van der Waals surface area contributed by atoms with E-state index >= 15 is 0 Å². The summed E-state index contributed by atoms with van der Waals surface area (Å²) >= 11 is 0. The van der Waals surface area contributed by atoms with E-state index in [1.54, 1.807) is 13.0 Å². The van der Waals surface area contributed by atoms with Crippen LogP contribution in [0.4, 0.5) is 11.6 Å². The molecular weight excluding hydrogens is 280 g/mol. The van der Waals surface area contributed by atoms with Gasteiger partial charge in [-0.05, 0) is 25.0 Å². The lowest BCUT2D eigenvalue weighted by atomic mass is 10.1. The molecule has 0 saturated carbocycles. The maximum atomic E-state index is 10.7. The first-order valence-corrected chi connectivity index (χ1v) is 7.83. The highest BCUT2D eigenvalue weighted by Gasteiger charge is 2.11. The van der Waals surface area contributed by atoms with Gasteiger partial charge in [-0.15, -0.1) is 0 Å². The van der Waals surface area contributed by atoms with Crippen molar-refractivity contribution >= 4 is 21.8 Å². The first kappa shape index (κ1) is 16.2. The number of hydrogen-bond donors (Lipinski definition) is 3. The lowest BCUT2D eigenvalue weighted by Crippen LogP contribution is -2.16. The normalized spacial score (nSPS) is 10.9. The maximum Gasteiger partial charge on any atom is 0.266 e. The number of pyridine rings is 1. The molecule has 0 bridgehead atoms. The Morgan fingerprint density at radius 3 is 2.65 bits per heavy atom. The summed E-state index contributed by atoms with van der Waals surface area (Å²) in [5.74, 6) is 0.498. The summed E-state index contributed by atoms with van der Waals surface area (Å²) in [6.45, 7) is 4.54. The number of aryl methyl sites for hydroxylation is 1. The largest absolute Gasteiger partial charge is 0.370 e. The van der Waals surface area contributed by atoms with Crippen molar-refractivity contribution in [1.29, 1.82) is 5.26 Å². The fourth-order valence-corrected chi connectivity index (χ4v) is 1.94. The van der Waals surface area contributed by atoms with E-state index in [9.17, 15) is 8.42 Å². The fraction of sp³-hybridized carbons (Fsp3) is 0.500. The molecule has 110 valence electrons. The van der Waals surface area contributed by atoms with Crippen LogP contribution in [0.5, 0.6) is 0 Å². The van der Waals surface area contributed by atoms with Crippen LogP contribution in [0.1, 0.15) is 24.5 Å². The Balaban J connectivity index is 2.91. The van der Waals surface area contributed by atoms with Gasteiger partial charge in [0.1, 0.15) is 17.7 Å². The van der Waals surface area contributed by atoms with E-state index in [0.29, 0.717) is 17.2 Å². The van der Waals surface area contributed by atoms with Crippen molar-refractivity contribution in [2.75, 3.05) is 29.5 Å². The van der Waals surface area contributed by atoms with E-state index in [-0.39, 0.29) is 6.54 Å². The van der Waals surface area contributed by atoms with Crippen molar-refractivity contribution in [2.24, 2.45) is 0 Å². The topological polar surface area (TPSA) is 115 Å². The quantitative estimate of drug-likeness (QED) is 0.651. The van der Waals surface area contributed by atoms with E-state index < -0.39 is 15.9 Å². The van der Waals surface area contributed by atoms with E-state index in [1.807, 2.05) is 13.0 Å². The van der Waals surface area contributed by atoms with Gasteiger partial charge < -0.3 is 10.6 Å². The van der Waals surface area contributed by atoms with Gasteiger partial charge in [0.05, 0.1) is 11.3 Å². The van der Waals surface area contributed by atoms with Gasteiger partial charge in [-0.1, -0.05) is 6.92 Å². The molecule has 0 aliphatic heterocycles. The number of hydrogen-bond acceptors (Lipinski definition) is 6. The molecule has 0 aromatic carbocycles. The third-order valence-corrected chi connectivity index (χ3v) is 3.26. The molecule has 0 amide bonds. The molecule has 3 N–H and O–H groups in total. The lowest BCUT2D eigenvalue weighted by molar-refractivity contribution is 0.484. The summed E-state index contributed by atoms with van der Waals surface area (Å²) in [7, 11) is -4.04. The van der Waals surface area contributed by atoms with Gasteiger partial charge in [0.15, 0.2) is 0 Å². The zero-order valence-electron chi connectivity index (χ0n) is 11.5. The minimum Gasteiger partial charge on any atom is -0.370 e. The van der Waals surface area contributed by atoms with Gasteiger partial charge in [0.2, 0.25) is 0 Å². The molecule has 7 nitrogen and oxygen atoms in total. The minimum absolute atomic E-state index is 0.0167. The third kappa shape index (κ3) is 5.03. The van der Waals surface area contributed by atoms with Crippen LogP contribution < -0.4 is 10.6 Å². The van der Waals surface area contributed by atoms with Crippen LogP contribution in [0.2, 0.25) is 0 Å². The molecule has 8 heteroatoms. The Morgan fingerprint density at radius 2 is 2.10 bits per heavy atom. The van der Waals surface area contributed by atoms with E-state index in [0.717, 1.165) is 18.5 Å². The summed E-state index contributed by atoms with van der Waals surface area (Å²) < 4.78 is 30.0. The van der Waals surface area contributed by atoms with Crippen molar-refractivity contribution in [2.45, 2.75) is 20.3 Å². The monoisotopic (exact) mass is 298 g/mol. The molecule has 0 unspecified atom stereocenters. The summed E-state index contributed by atoms with van der Waals surface area (Å²) in [5.41, 5.74) is 1.11. The Kier molecular flexibility index (Phi) is 5.73. The SMILES string of the molecule is CCCNc1cc(C)c(C#N)c(NCCS(=O)(=O)O)n1. The molecule has 20 heavy (non-hydrogen) atoms. The van der Waals surface area contributed by atoms with Gasteiger partial charge in [-0.3, -0.25) is 4.55 Å². The first-order valence-electron chi connectivity index (χ1n) is 6.22. The molecule has 0 aliphatic rings. The highest BCUT2D eigenvalue weighted by molar-refractivity contribution is 7.85. The van der Waals surface area contributed by atoms with Crippen molar-refractivity contribution in [3.05, 3.63) is 17.2 Å². The second-order valence-corrected chi connectivity index (χ2v) is 5.87. The number of rotatable bonds is 7. The summed E-state index contributed by atoms with van der Waals surface area (Å²) in [6, 6.07) is 3.80. The van der Waals surface area contributed by atoms with Crippen LogP contribution in [-0.2, 0) is 10.1 Å². The highest BCUT2D eigenvalue weighted by atomic mass is 32.2. The zero-order chi connectivity index (χ0) is 15.2. The van der Waals surface area contributed by atoms with Crippen LogP contribution in [0.3, 0.4) is 0 Å². The summed E-state index contributed by atoms with van der Waals surface area (Å²) in [4.78, 5) is 4.24. The Labute approximate surface area is 118 Å². The first-order chi connectivity index (χ1) is 9.37. The molecule has 0 aliphatic carbocycles. The Morgan fingerprint density at radius 1 is 1.40 bits per heavy atom. The standard InChI is InChI=1S/C12H18N4O3S/c1-3-4-14-11-7-9(2)10(8-13)12(16-11)15-5-6-20(17,18)19/h7H,3-6H2,1-2H3,(H2,14,15,16)(H,17,18,19). The number of anilines is 2. The zero-order valence-corrected chi connectivity index (χ0v) is 12.3. The van der Waals surface area contributed by atoms with Gasteiger partial charge in [-0.25, -0.2) is 4.98 Å². The van der Waals surface area contributed by atoms with E-state index in [1.165, 1.54) is 0 Å². The van der Waals surface area contributed by atoms with Gasteiger partial charge >= 0.3 is 0 Å². The fourth-order valence-electron chi connectivity index (χ4n) is 1.58. The van der Waals surface area contributed by atoms with Crippen LogP contribution >= 0.6 is 0 Å². The van der Waals surface area contributed by atoms with Gasteiger partial charge in [-0.2, -0.15) is 13.7 Å². The van der Waals surface area contributed by atoms with E-state index in [2.05, 4.69) is 15.6 Å². The van der Waals surface area contributed by atoms with Crippen LogP contribution in [0, 0.1) is 18.3 Å².